The summed E-state index contributed by atoms with van der Waals surface area (Å²) in [5.74, 6) is 0.342. The second-order valence-electron chi connectivity index (χ2n) is 2.58. The molecule has 0 aromatic heterocycles. The molecular weight excluding hydrogens is 154 g/mol. The van der Waals surface area contributed by atoms with Crippen LogP contribution in [0.1, 0.15) is 12.8 Å². The minimum atomic E-state index is -2.87. The van der Waals surface area contributed by atoms with Gasteiger partial charge in [0.25, 0.3) is 0 Å². The summed E-state index contributed by atoms with van der Waals surface area (Å²) in [5.41, 5.74) is 1.98. The first-order valence-electron chi connectivity index (χ1n) is 3.24. The molecule has 0 aromatic carbocycles. The SMILES string of the molecule is O=S1(=O)CCCC(NO)C1. The van der Waals surface area contributed by atoms with Gasteiger partial charge in [-0.15, -0.1) is 0 Å². The lowest BCUT2D eigenvalue weighted by Crippen LogP contribution is -2.38. The lowest BCUT2D eigenvalue weighted by molar-refractivity contribution is 0.128. The van der Waals surface area contributed by atoms with E-state index in [2.05, 4.69) is 0 Å². The molecule has 1 unspecified atom stereocenters. The molecule has 1 aliphatic rings. The van der Waals surface area contributed by atoms with Crippen molar-refractivity contribution in [2.24, 2.45) is 0 Å². The topological polar surface area (TPSA) is 66.4 Å². The predicted molar refractivity (Wildman–Crippen MR) is 36.6 cm³/mol. The molecule has 4 nitrogen and oxygen atoms in total. The Morgan fingerprint density at radius 3 is 2.60 bits per heavy atom. The fourth-order valence-electron chi connectivity index (χ4n) is 1.12. The Morgan fingerprint density at radius 2 is 2.20 bits per heavy atom. The normalized spacial score (nSPS) is 31.9. The summed E-state index contributed by atoms with van der Waals surface area (Å²) in [6, 6.07) is -0.251. The summed E-state index contributed by atoms with van der Waals surface area (Å²) in [6.07, 6.45) is 1.40. The van der Waals surface area contributed by atoms with Crippen LogP contribution in [0.2, 0.25) is 0 Å². The van der Waals surface area contributed by atoms with Crippen molar-refractivity contribution in [3.8, 4) is 0 Å². The predicted octanol–water partition coefficient (Wildman–Crippen LogP) is -0.458. The van der Waals surface area contributed by atoms with E-state index in [-0.39, 0.29) is 17.5 Å². The van der Waals surface area contributed by atoms with Crippen molar-refractivity contribution < 1.29 is 13.6 Å². The van der Waals surface area contributed by atoms with Crippen LogP contribution in [0.3, 0.4) is 0 Å². The number of sulfone groups is 1. The largest absolute Gasteiger partial charge is 0.317 e. The van der Waals surface area contributed by atoms with E-state index in [0.29, 0.717) is 6.42 Å². The van der Waals surface area contributed by atoms with E-state index in [1.54, 1.807) is 0 Å². The van der Waals surface area contributed by atoms with Crippen LogP contribution in [0, 0.1) is 0 Å². The molecule has 0 amide bonds. The highest BCUT2D eigenvalue weighted by molar-refractivity contribution is 7.91. The van der Waals surface area contributed by atoms with Gasteiger partial charge in [-0.25, -0.2) is 13.9 Å². The molecular formula is C5H11NO3S. The Balaban J connectivity index is 2.56. The van der Waals surface area contributed by atoms with E-state index in [4.69, 9.17) is 5.21 Å². The first kappa shape index (κ1) is 7.97. The molecule has 5 heteroatoms. The molecule has 2 N–H and O–H groups in total. The second kappa shape index (κ2) is 2.86. The molecule has 0 bridgehead atoms. The fourth-order valence-corrected chi connectivity index (χ4v) is 2.75. The van der Waals surface area contributed by atoms with E-state index in [9.17, 15) is 8.42 Å². The highest BCUT2D eigenvalue weighted by Gasteiger charge is 2.23. The Bertz CT molecular complexity index is 199. The average molecular weight is 165 g/mol. The van der Waals surface area contributed by atoms with Crippen LogP contribution in [-0.4, -0.2) is 31.2 Å². The van der Waals surface area contributed by atoms with Crippen LogP contribution >= 0.6 is 0 Å². The highest BCUT2D eigenvalue weighted by atomic mass is 32.2. The third-order valence-corrected chi connectivity index (χ3v) is 3.47. The molecule has 0 aliphatic carbocycles. The lowest BCUT2D eigenvalue weighted by atomic mass is 10.2. The zero-order valence-electron chi connectivity index (χ0n) is 5.58. The molecule has 1 rings (SSSR count). The molecule has 1 heterocycles. The van der Waals surface area contributed by atoms with Gasteiger partial charge >= 0.3 is 0 Å². The van der Waals surface area contributed by atoms with Gasteiger partial charge in [-0.1, -0.05) is 0 Å². The van der Waals surface area contributed by atoms with E-state index < -0.39 is 9.84 Å². The van der Waals surface area contributed by atoms with E-state index >= 15 is 0 Å². The minimum Gasteiger partial charge on any atom is -0.317 e. The minimum absolute atomic E-state index is 0.0729. The molecule has 0 saturated carbocycles. The smallest absolute Gasteiger partial charge is 0.151 e. The monoisotopic (exact) mass is 165 g/mol. The van der Waals surface area contributed by atoms with Crippen molar-refractivity contribution in [2.75, 3.05) is 11.5 Å². The lowest BCUT2D eigenvalue weighted by Gasteiger charge is -2.19. The quantitative estimate of drug-likeness (QED) is 0.516. The number of rotatable bonds is 1. The van der Waals surface area contributed by atoms with Crippen molar-refractivity contribution in [1.82, 2.24) is 5.48 Å². The van der Waals surface area contributed by atoms with Crippen LogP contribution in [0.5, 0.6) is 0 Å². The van der Waals surface area contributed by atoms with Crippen molar-refractivity contribution in [2.45, 2.75) is 18.9 Å². The summed E-state index contributed by atoms with van der Waals surface area (Å²) < 4.78 is 21.7. The van der Waals surface area contributed by atoms with Crippen molar-refractivity contribution >= 4 is 9.84 Å². The third-order valence-electron chi connectivity index (χ3n) is 1.65. The van der Waals surface area contributed by atoms with Crippen LogP contribution in [0.25, 0.3) is 0 Å². The van der Waals surface area contributed by atoms with Crippen LogP contribution in [-0.2, 0) is 9.84 Å². The third kappa shape index (κ3) is 1.93. The van der Waals surface area contributed by atoms with Crippen molar-refractivity contribution in [3.05, 3.63) is 0 Å². The van der Waals surface area contributed by atoms with Gasteiger partial charge in [-0.3, -0.25) is 0 Å². The summed E-state index contributed by atoms with van der Waals surface area (Å²) in [7, 11) is -2.87. The molecule has 1 saturated heterocycles. The number of hydrogen-bond acceptors (Lipinski definition) is 4. The van der Waals surface area contributed by atoms with Crippen molar-refractivity contribution in [3.63, 3.8) is 0 Å². The first-order chi connectivity index (χ1) is 4.64. The van der Waals surface area contributed by atoms with Crippen LogP contribution in [0.15, 0.2) is 0 Å². The Kier molecular flexibility index (Phi) is 2.28. The van der Waals surface area contributed by atoms with E-state index in [1.165, 1.54) is 0 Å². The van der Waals surface area contributed by atoms with Gasteiger partial charge < -0.3 is 5.21 Å². The number of nitrogens with one attached hydrogen (secondary N) is 1. The molecule has 1 aliphatic heterocycles. The Morgan fingerprint density at radius 1 is 1.50 bits per heavy atom. The average Bonchev–Trinajstić information content (AvgIpc) is 1.86. The Hall–Kier alpha value is -0.130. The zero-order valence-corrected chi connectivity index (χ0v) is 6.39. The molecule has 1 atom stereocenters. The first-order valence-corrected chi connectivity index (χ1v) is 5.06. The Labute approximate surface area is 60.1 Å². The molecule has 60 valence electrons. The van der Waals surface area contributed by atoms with Gasteiger partial charge in [0.05, 0.1) is 11.5 Å². The molecule has 1 fully saturated rings. The standard InChI is InChI=1S/C5H11NO3S/c7-6-5-2-1-3-10(8,9)4-5/h5-7H,1-4H2. The van der Waals surface area contributed by atoms with Crippen molar-refractivity contribution in [1.29, 1.82) is 0 Å². The van der Waals surface area contributed by atoms with Gasteiger partial charge in [0, 0.05) is 6.04 Å². The van der Waals surface area contributed by atoms with Crippen LogP contribution < -0.4 is 5.48 Å². The molecule has 0 aromatic rings. The zero-order chi connectivity index (χ0) is 7.61. The molecule has 0 radical (unpaired) electrons. The van der Waals surface area contributed by atoms with Gasteiger partial charge in [-0.2, -0.15) is 0 Å². The molecule has 10 heavy (non-hydrogen) atoms. The summed E-state index contributed by atoms with van der Waals surface area (Å²) in [4.78, 5) is 0. The molecule has 0 spiro atoms. The van der Waals surface area contributed by atoms with Crippen LogP contribution in [0.4, 0.5) is 0 Å². The summed E-state index contributed by atoms with van der Waals surface area (Å²) >= 11 is 0. The van der Waals surface area contributed by atoms with Gasteiger partial charge in [0.15, 0.2) is 9.84 Å². The number of hydroxylamine groups is 1. The second-order valence-corrected chi connectivity index (χ2v) is 4.81. The number of hydrogen-bond donors (Lipinski definition) is 2. The maximum atomic E-state index is 10.9. The summed E-state index contributed by atoms with van der Waals surface area (Å²) in [6.45, 7) is 0. The maximum absolute atomic E-state index is 10.9. The highest BCUT2D eigenvalue weighted by Crippen LogP contribution is 2.10. The summed E-state index contributed by atoms with van der Waals surface area (Å²) in [5, 5.41) is 8.41. The fraction of sp³-hybridized carbons (Fsp3) is 1.00. The maximum Gasteiger partial charge on any atom is 0.151 e. The van der Waals surface area contributed by atoms with E-state index in [0.717, 1.165) is 6.42 Å². The van der Waals surface area contributed by atoms with Gasteiger partial charge in [0.2, 0.25) is 0 Å². The van der Waals surface area contributed by atoms with Gasteiger partial charge in [-0.05, 0) is 12.8 Å². The van der Waals surface area contributed by atoms with E-state index in [1.807, 2.05) is 5.48 Å². The van der Waals surface area contributed by atoms with Gasteiger partial charge in [0.1, 0.15) is 0 Å².